The fourth-order valence-corrected chi connectivity index (χ4v) is 2.28. The molecule has 4 atom stereocenters. The second kappa shape index (κ2) is 11.9. The van der Waals surface area contributed by atoms with Crippen LogP contribution in [0.2, 0.25) is 0 Å². The first kappa shape index (κ1) is 25.3. The van der Waals surface area contributed by atoms with Gasteiger partial charge in [-0.15, -0.1) is 0 Å². The van der Waals surface area contributed by atoms with Crippen molar-refractivity contribution in [3.8, 4) is 0 Å². The number of carbonyl (C=O) groups excluding carboxylic acids is 4. The lowest BCUT2D eigenvalue weighted by Gasteiger charge is -2.25. The van der Waals surface area contributed by atoms with Crippen molar-refractivity contribution in [1.82, 2.24) is 16.0 Å². The maximum absolute atomic E-state index is 12.5. The standard InChI is InChI=1S/C16H29N5O7/c1-7(2)4-9(19-12(24)6-17)14(25)20-10(5-11(18)23)15(26)21-13(8(3)22)16(27)28/h7-10,13,22H,4-6,17H2,1-3H3,(H2,18,23)(H,19,24)(H,20,25)(H,21,26)(H,27,28). The third-order valence-corrected chi connectivity index (χ3v) is 3.63. The van der Waals surface area contributed by atoms with Gasteiger partial charge < -0.3 is 37.6 Å². The Balaban J connectivity index is 5.38. The molecular weight excluding hydrogens is 374 g/mol. The molecule has 9 N–H and O–H groups in total. The van der Waals surface area contributed by atoms with Crippen LogP contribution >= 0.6 is 0 Å². The Bertz CT molecular complexity index is 594. The highest BCUT2D eigenvalue weighted by Crippen LogP contribution is 2.06. The van der Waals surface area contributed by atoms with Gasteiger partial charge in [0.1, 0.15) is 12.1 Å². The van der Waals surface area contributed by atoms with Crippen LogP contribution in [0.4, 0.5) is 0 Å². The number of nitrogens with one attached hydrogen (secondary N) is 3. The summed E-state index contributed by atoms with van der Waals surface area (Å²) in [6, 6.07) is -4.16. The van der Waals surface area contributed by atoms with Gasteiger partial charge in [-0.25, -0.2) is 4.79 Å². The summed E-state index contributed by atoms with van der Waals surface area (Å²) in [5.41, 5.74) is 10.3. The molecule has 0 aliphatic carbocycles. The highest BCUT2D eigenvalue weighted by molar-refractivity contribution is 5.95. The largest absolute Gasteiger partial charge is 0.480 e. The molecule has 0 bridgehead atoms. The molecule has 0 aromatic heterocycles. The van der Waals surface area contributed by atoms with Gasteiger partial charge in [0, 0.05) is 0 Å². The molecule has 0 aromatic carbocycles. The zero-order chi connectivity index (χ0) is 22.0. The molecule has 0 spiro atoms. The molecule has 160 valence electrons. The van der Waals surface area contributed by atoms with Crippen LogP contribution in [0.25, 0.3) is 0 Å². The third kappa shape index (κ3) is 9.28. The van der Waals surface area contributed by atoms with Gasteiger partial charge in [-0.1, -0.05) is 13.8 Å². The second-order valence-electron chi connectivity index (χ2n) is 6.75. The van der Waals surface area contributed by atoms with Crippen LogP contribution in [-0.4, -0.2) is 70.6 Å². The van der Waals surface area contributed by atoms with E-state index in [1.807, 2.05) is 19.2 Å². The average Bonchev–Trinajstić information content (AvgIpc) is 2.56. The van der Waals surface area contributed by atoms with Crippen LogP contribution in [0.15, 0.2) is 0 Å². The minimum atomic E-state index is -1.65. The summed E-state index contributed by atoms with van der Waals surface area (Å²) >= 11 is 0. The van der Waals surface area contributed by atoms with E-state index in [-0.39, 0.29) is 18.9 Å². The topological polar surface area (TPSA) is 214 Å². The van der Waals surface area contributed by atoms with Crippen LogP contribution in [0, 0.1) is 5.92 Å². The molecule has 0 aliphatic heterocycles. The van der Waals surface area contributed by atoms with Gasteiger partial charge in [0.2, 0.25) is 23.6 Å². The van der Waals surface area contributed by atoms with Crippen molar-refractivity contribution in [3.63, 3.8) is 0 Å². The number of hydrogen-bond donors (Lipinski definition) is 7. The maximum Gasteiger partial charge on any atom is 0.328 e. The molecule has 0 fully saturated rings. The number of primary amides is 1. The van der Waals surface area contributed by atoms with Crippen molar-refractivity contribution in [2.45, 2.75) is 57.8 Å². The van der Waals surface area contributed by atoms with E-state index in [1.165, 1.54) is 0 Å². The highest BCUT2D eigenvalue weighted by Gasteiger charge is 2.32. The smallest absolute Gasteiger partial charge is 0.328 e. The van der Waals surface area contributed by atoms with Crippen LogP contribution in [0.3, 0.4) is 0 Å². The van der Waals surface area contributed by atoms with Gasteiger partial charge in [-0.3, -0.25) is 19.2 Å². The molecule has 4 unspecified atom stereocenters. The van der Waals surface area contributed by atoms with Crippen molar-refractivity contribution in [2.24, 2.45) is 17.4 Å². The molecule has 0 saturated heterocycles. The van der Waals surface area contributed by atoms with Crippen LogP contribution in [0.1, 0.15) is 33.6 Å². The Kier molecular flexibility index (Phi) is 10.7. The first-order chi connectivity index (χ1) is 12.9. The molecule has 4 amide bonds. The predicted molar refractivity (Wildman–Crippen MR) is 97.4 cm³/mol. The van der Waals surface area contributed by atoms with E-state index in [4.69, 9.17) is 16.6 Å². The minimum Gasteiger partial charge on any atom is -0.480 e. The van der Waals surface area contributed by atoms with Crippen molar-refractivity contribution < 1.29 is 34.2 Å². The quantitative estimate of drug-likeness (QED) is 0.175. The summed E-state index contributed by atoms with van der Waals surface area (Å²) in [7, 11) is 0. The predicted octanol–water partition coefficient (Wildman–Crippen LogP) is -3.21. The third-order valence-electron chi connectivity index (χ3n) is 3.63. The average molecular weight is 403 g/mol. The number of nitrogens with two attached hydrogens (primary N) is 2. The SMILES string of the molecule is CC(C)CC(NC(=O)CN)C(=O)NC(CC(N)=O)C(=O)NC(C(=O)O)C(C)O. The van der Waals surface area contributed by atoms with E-state index in [0.717, 1.165) is 6.92 Å². The summed E-state index contributed by atoms with van der Waals surface area (Å²) < 4.78 is 0. The van der Waals surface area contributed by atoms with E-state index in [9.17, 15) is 29.1 Å². The number of carboxylic acid groups (broad SMARTS) is 1. The summed E-state index contributed by atoms with van der Waals surface area (Å²) in [4.78, 5) is 58.8. The van der Waals surface area contributed by atoms with Crippen molar-refractivity contribution in [3.05, 3.63) is 0 Å². The van der Waals surface area contributed by atoms with Crippen molar-refractivity contribution in [1.29, 1.82) is 0 Å². The lowest BCUT2D eigenvalue weighted by Crippen LogP contribution is -2.58. The molecule has 0 aliphatic rings. The zero-order valence-electron chi connectivity index (χ0n) is 16.1. The van der Waals surface area contributed by atoms with Gasteiger partial charge in [0.25, 0.3) is 0 Å². The Labute approximate surface area is 162 Å². The summed E-state index contributed by atoms with van der Waals surface area (Å²) in [5, 5.41) is 25.2. The summed E-state index contributed by atoms with van der Waals surface area (Å²) in [6.45, 7) is 4.43. The summed E-state index contributed by atoms with van der Waals surface area (Å²) in [5.74, 6) is -4.79. The van der Waals surface area contributed by atoms with Crippen molar-refractivity contribution >= 4 is 29.6 Å². The van der Waals surface area contributed by atoms with Crippen LogP contribution in [0.5, 0.6) is 0 Å². The fraction of sp³-hybridized carbons (Fsp3) is 0.688. The Morgan fingerprint density at radius 2 is 1.46 bits per heavy atom. The number of rotatable bonds is 12. The Hall–Kier alpha value is -2.73. The minimum absolute atomic E-state index is 0.00358. The summed E-state index contributed by atoms with van der Waals surface area (Å²) in [6.07, 6.45) is -1.81. The van der Waals surface area contributed by atoms with E-state index in [1.54, 1.807) is 0 Å². The van der Waals surface area contributed by atoms with Crippen LogP contribution in [-0.2, 0) is 24.0 Å². The number of hydrogen-bond acceptors (Lipinski definition) is 7. The molecule has 0 aromatic rings. The number of aliphatic carboxylic acids is 1. The van der Waals surface area contributed by atoms with E-state index >= 15 is 0 Å². The molecule has 0 heterocycles. The van der Waals surface area contributed by atoms with Crippen molar-refractivity contribution in [2.75, 3.05) is 6.54 Å². The zero-order valence-corrected chi connectivity index (χ0v) is 16.1. The molecular formula is C16H29N5O7. The van der Waals surface area contributed by atoms with Gasteiger partial charge in [0.15, 0.2) is 6.04 Å². The monoisotopic (exact) mass is 403 g/mol. The Morgan fingerprint density at radius 1 is 0.929 bits per heavy atom. The number of aliphatic hydroxyl groups is 1. The van der Waals surface area contributed by atoms with Gasteiger partial charge in [-0.05, 0) is 19.3 Å². The first-order valence-corrected chi connectivity index (χ1v) is 8.68. The fourth-order valence-electron chi connectivity index (χ4n) is 2.28. The van der Waals surface area contributed by atoms with Crippen LogP contribution < -0.4 is 27.4 Å². The molecule has 12 heteroatoms. The number of carboxylic acids is 1. The molecule has 28 heavy (non-hydrogen) atoms. The lowest BCUT2D eigenvalue weighted by atomic mass is 10.0. The maximum atomic E-state index is 12.5. The molecule has 0 radical (unpaired) electrons. The second-order valence-corrected chi connectivity index (χ2v) is 6.75. The molecule has 12 nitrogen and oxygen atoms in total. The first-order valence-electron chi connectivity index (χ1n) is 8.68. The normalized spacial score (nSPS) is 15.1. The number of aliphatic hydroxyl groups excluding tert-OH is 1. The highest BCUT2D eigenvalue weighted by atomic mass is 16.4. The molecule has 0 saturated carbocycles. The molecule has 0 rings (SSSR count). The van der Waals surface area contributed by atoms with E-state index in [0.29, 0.717) is 0 Å². The Morgan fingerprint density at radius 3 is 1.86 bits per heavy atom. The van der Waals surface area contributed by atoms with E-state index < -0.39 is 60.2 Å². The number of amides is 4. The lowest BCUT2D eigenvalue weighted by molar-refractivity contribution is -0.145. The van der Waals surface area contributed by atoms with E-state index in [2.05, 4.69) is 10.6 Å². The van der Waals surface area contributed by atoms with Gasteiger partial charge in [-0.2, -0.15) is 0 Å². The van der Waals surface area contributed by atoms with Gasteiger partial charge in [0.05, 0.1) is 19.1 Å². The van der Waals surface area contributed by atoms with Gasteiger partial charge >= 0.3 is 5.97 Å². The number of carbonyl (C=O) groups is 5.